The van der Waals surface area contributed by atoms with Crippen LogP contribution in [0.1, 0.15) is 34.1 Å². The molecule has 4 rings (SSSR count). The highest BCUT2D eigenvalue weighted by atomic mass is 35.5. The molecule has 1 aliphatic rings. The van der Waals surface area contributed by atoms with Gasteiger partial charge in [0.2, 0.25) is 0 Å². The van der Waals surface area contributed by atoms with Gasteiger partial charge in [0.1, 0.15) is 17.0 Å². The molecule has 1 atom stereocenters. The van der Waals surface area contributed by atoms with Crippen LogP contribution < -0.4 is 0 Å². The van der Waals surface area contributed by atoms with Crippen molar-refractivity contribution in [3.8, 4) is 0 Å². The quantitative estimate of drug-likeness (QED) is 0.427. The first-order valence-electron chi connectivity index (χ1n) is 8.99. The number of ether oxygens (including phenoxy) is 1. The molecule has 152 valence electrons. The number of carbonyl (C=O) groups excluding carboxylic acids is 2. The van der Waals surface area contributed by atoms with E-state index in [2.05, 4.69) is 10.1 Å². The SMILES string of the molecule is O=C(OCC(=O)N1N=C(c2ccc(Cl)cc2)C[C@H]1c1ccco1)c1ccnc(Cl)c1. The van der Waals surface area contributed by atoms with Gasteiger partial charge in [0, 0.05) is 17.6 Å². The Kier molecular flexibility index (Phi) is 5.83. The zero-order chi connectivity index (χ0) is 21.1. The van der Waals surface area contributed by atoms with Crippen molar-refractivity contribution in [3.63, 3.8) is 0 Å². The third-order valence-corrected chi connectivity index (χ3v) is 4.96. The summed E-state index contributed by atoms with van der Waals surface area (Å²) in [6.07, 6.45) is 3.37. The van der Waals surface area contributed by atoms with Crippen molar-refractivity contribution in [2.24, 2.45) is 5.10 Å². The molecule has 1 aliphatic heterocycles. The predicted molar refractivity (Wildman–Crippen MR) is 110 cm³/mol. The summed E-state index contributed by atoms with van der Waals surface area (Å²) in [5.74, 6) is -0.569. The lowest BCUT2D eigenvalue weighted by atomic mass is 10.0. The first-order chi connectivity index (χ1) is 14.5. The molecule has 3 aromatic rings. The largest absolute Gasteiger partial charge is 0.467 e. The van der Waals surface area contributed by atoms with Gasteiger partial charge in [0.05, 0.1) is 17.5 Å². The predicted octanol–water partition coefficient (Wildman–Crippen LogP) is 4.52. The minimum atomic E-state index is -0.678. The van der Waals surface area contributed by atoms with E-state index in [1.54, 1.807) is 24.3 Å². The van der Waals surface area contributed by atoms with Crippen molar-refractivity contribution < 1.29 is 18.7 Å². The van der Waals surface area contributed by atoms with Gasteiger partial charge in [-0.3, -0.25) is 4.79 Å². The number of nitrogens with zero attached hydrogens (tertiary/aromatic N) is 3. The van der Waals surface area contributed by atoms with Crippen molar-refractivity contribution in [2.45, 2.75) is 12.5 Å². The number of halogens is 2. The van der Waals surface area contributed by atoms with Crippen LogP contribution in [-0.2, 0) is 9.53 Å². The number of rotatable bonds is 5. The number of aromatic nitrogens is 1. The standard InChI is InChI=1S/C21H15Cl2N3O4/c22-15-5-3-13(4-6-15)16-11-17(18-2-1-9-29-18)26(25-16)20(27)12-30-21(28)14-7-8-24-19(23)10-14/h1-10,17H,11-12H2/t17-/m0/s1. The fraction of sp³-hybridized carbons (Fsp3) is 0.143. The molecule has 0 saturated heterocycles. The van der Waals surface area contributed by atoms with Crippen LogP contribution in [-0.4, -0.2) is 34.2 Å². The molecule has 30 heavy (non-hydrogen) atoms. The second-order valence-electron chi connectivity index (χ2n) is 6.47. The van der Waals surface area contributed by atoms with E-state index in [-0.39, 0.29) is 10.7 Å². The lowest BCUT2D eigenvalue weighted by Crippen LogP contribution is -2.31. The van der Waals surface area contributed by atoms with Crippen LogP contribution in [0.2, 0.25) is 10.2 Å². The van der Waals surface area contributed by atoms with Crippen molar-refractivity contribution in [1.29, 1.82) is 0 Å². The van der Waals surface area contributed by atoms with Crippen LogP contribution in [0.4, 0.5) is 0 Å². The number of esters is 1. The van der Waals surface area contributed by atoms with Crippen LogP contribution in [0.15, 0.2) is 70.5 Å². The number of hydrogen-bond acceptors (Lipinski definition) is 6. The Morgan fingerprint density at radius 1 is 1.17 bits per heavy atom. The van der Waals surface area contributed by atoms with Crippen LogP contribution in [0.25, 0.3) is 0 Å². The summed E-state index contributed by atoms with van der Waals surface area (Å²) in [6, 6.07) is 13.1. The maximum absolute atomic E-state index is 12.8. The number of benzene rings is 1. The molecule has 0 spiro atoms. The van der Waals surface area contributed by atoms with Crippen molar-refractivity contribution in [1.82, 2.24) is 9.99 Å². The van der Waals surface area contributed by atoms with Crippen molar-refractivity contribution >= 4 is 40.8 Å². The summed E-state index contributed by atoms with van der Waals surface area (Å²) in [5, 5.41) is 6.52. The molecular weight excluding hydrogens is 429 g/mol. The van der Waals surface area contributed by atoms with E-state index in [4.69, 9.17) is 32.4 Å². The Morgan fingerprint density at radius 2 is 1.97 bits per heavy atom. The third-order valence-electron chi connectivity index (χ3n) is 4.50. The van der Waals surface area contributed by atoms with E-state index in [0.29, 0.717) is 22.9 Å². The Balaban J connectivity index is 1.51. The second kappa shape index (κ2) is 8.69. The first-order valence-corrected chi connectivity index (χ1v) is 9.74. The normalized spacial score (nSPS) is 15.7. The summed E-state index contributed by atoms with van der Waals surface area (Å²) in [7, 11) is 0. The van der Waals surface area contributed by atoms with Gasteiger partial charge in [-0.05, 0) is 42.0 Å². The lowest BCUT2D eigenvalue weighted by Gasteiger charge is -2.19. The molecule has 0 bridgehead atoms. The summed E-state index contributed by atoms with van der Waals surface area (Å²) < 4.78 is 10.6. The van der Waals surface area contributed by atoms with Crippen LogP contribution in [0.3, 0.4) is 0 Å². The number of carbonyl (C=O) groups is 2. The smallest absolute Gasteiger partial charge is 0.338 e. The average molecular weight is 444 g/mol. The van der Waals surface area contributed by atoms with Gasteiger partial charge in [0.15, 0.2) is 6.61 Å². The number of hydrazone groups is 1. The summed E-state index contributed by atoms with van der Waals surface area (Å²) in [4.78, 5) is 28.8. The molecule has 0 unspecified atom stereocenters. The zero-order valence-electron chi connectivity index (χ0n) is 15.5. The van der Waals surface area contributed by atoms with E-state index in [9.17, 15) is 9.59 Å². The third kappa shape index (κ3) is 4.37. The monoisotopic (exact) mass is 443 g/mol. The molecule has 0 fully saturated rings. The summed E-state index contributed by atoms with van der Waals surface area (Å²) in [6.45, 7) is -0.479. The molecule has 0 saturated carbocycles. The van der Waals surface area contributed by atoms with Gasteiger partial charge in [-0.15, -0.1) is 0 Å². The van der Waals surface area contributed by atoms with E-state index in [1.165, 1.54) is 29.6 Å². The van der Waals surface area contributed by atoms with Gasteiger partial charge < -0.3 is 9.15 Å². The molecule has 1 aromatic carbocycles. The van der Waals surface area contributed by atoms with Crippen LogP contribution in [0.5, 0.6) is 0 Å². The van der Waals surface area contributed by atoms with Gasteiger partial charge in [-0.25, -0.2) is 14.8 Å². The zero-order valence-corrected chi connectivity index (χ0v) is 17.0. The fourth-order valence-electron chi connectivity index (χ4n) is 3.07. The molecule has 0 radical (unpaired) electrons. The van der Waals surface area contributed by atoms with E-state index < -0.39 is 24.5 Å². The molecule has 1 amide bonds. The Hall–Kier alpha value is -3.16. The molecule has 2 aromatic heterocycles. The van der Waals surface area contributed by atoms with Gasteiger partial charge >= 0.3 is 5.97 Å². The number of hydrogen-bond donors (Lipinski definition) is 0. The highest BCUT2D eigenvalue weighted by Crippen LogP contribution is 2.33. The lowest BCUT2D eigenvalue weighted by molar-refractivity contribution is -0.136. The Labute approximate surface area is 181 Å². The molecule has 3 heterocycles. The van der Waals surface area contributed by atoms with Crippen LogP contribution in [0, 0.1) is 0 Å². The van der Waals surface area contributed by atoms with Gasteiger partial charge in [-0.1, -0.05) is 35.3 Å². The van der Waals surface area contributed by atoms with E-state index in [1.807, 2.05) is 12.1 Å². The fourth-order valence-corrected chi connectivity index (χ4v) is 3.37. The van der Waals surface area contributed by atoms with E-state index >= 15 is 0 Å². The van der Waals surface area contributed by atoms with Crippen molar-refractivity contribution in [2.75, 3.05) is 6.61 Å². The van der Waals surface area contributed by atoms with Gasteiger partial charge in [-0.2, -0.15) is 5.10 Å². The van der Waals surface area contributed by atoms with E-state index in [0.717, 1.165) is 5.56 Å². The number of furan rings is 1. The minimum Gasteiger partial charge on any atom is -0.467 e. The minimum absolute atomic E-state index is 0.158. The Bertz CT molecular complexity index is 1100. The molecule has 7 nitrogen and oxygen atoms in total. The highest BCUT2D eigenvalue weighted by molar-refractivity contribution is 6.30. The highest BCUT2D eigenvalue weighted by Gasteiger charge is 2.35. The molecule has 0 aliphatic carbocycles. The Morgan fingerprint density at radius 3 is 2.67 bits per heavy atom. The number of amides is 1. The summed E-state index contributed by atoms with van der Waals surface area (Å²) >= 11 is 11.7. The first kappa shape index (κ1) is 20.1. The maximum Gasteiger partial charge on any atom is 0.338 e. The molecular formula is C21H15Cl2N3O4. The average Bonchev–Trinajstić information content (AvgIpc) is 3.42. The summed E-state index contributed by atoms with van der Waals surface area (Å²) in [5.41, 5.74) is 1.75. The molecule has 0 N–H and O–H groups in total. The van der Waals surface area contributed by atoms with Crippen LogP contribution >= 0.6 is 23.2 Å². The second-order valence-corrected chi connectivity index (χ2v) is 7.29. The maximum atomic E-state index is 12.8. The number of pyridine rings is 1. The van der Waals surface area contributed by atoms with Gasteiger partial charge in [0.25, 0.3) is 5.91 Å². The van der Waals surface area contributed by atoms with Crippen molar-refractivity contribution in [3.05, 3.63) is 88.1 Å². The molecule has 9 heteroatoms. The topological polar surface area (TPSA) is 85.0 Å².